The molecule has 6 nitrogen and oxygen atoms in total. The highest BCUT2D eigenvalue weighted by Crippen LogP contribution is 2.28. The van der Waals surface area contributed by atoms with Gasteiger partial charge in [-0.25, -0.2) is 0 Å². The summed E-state index contributed by atoms with van der Waals surface area (Å²) in [6.07, 6.45) is -4.50. The number of aromatic nitrogens is 4. The second kappa shape index (κ2) is 4.05. The molecule has 0 spiro atoms. The van der Waals surface area contributed by atoms with Crippen LogP contribution in [0.2, 0.25) is 0 Å². The highest BCUT2D eigenvalue weighted by atomic mass is 19.4. The van der Waals surface area contributed by atoms with Crippen LogP contribution in [0.15, 0.2) is 12.1 Å². The van der Waals surface area contributed by atoms with Gasteiger partial charge in [-0.05, 0) is 18.6 Å². The van der Waals surface area contributed by atoms with Crippen molar-refractivity contribution in [2.24, 2.45) is 0 Å². The second-order valence-corrected chi connectivity index (χ2v) is 4.37. The van der Waals surface area contributed by atoms with Crippen LogP contribution >= 0.6 is 0 Å². The number of alkyl halides is 3. The van der Waals surface area contributed by atoms with E-state index in [2.05, 4.69) is 15.3 Å². The van der Waals surface area contributed by atoms with Gasteiger partial charge in [-0.15, -0.1) is 15.3 Å². The molecule has 3 rings (SSSR count). The van der Waals surface area contributed by atoms with Crippen LogP contribution in [0, 0.1) is 0 Å². The standard InChI is InChI=1S/C10H10F3N5O/c11-10(12,13)9-15-14-7-1-2-8(16-18(7)9)17-4-3-6(19)5-17/h1-2,6,19H,3-5H2/t6-/m0/s1. The zero-order chi connectivity index (χ0) is 13.6. The van der Waals surface area contributed by atoms with E-state index in [4.69, 9.17) is 0 Å². The van der Waals surface area contributed by atoms with Crippen molar-refractivity contribution >= 4 is 11.5 Å². The summed E-state index contributed by atoms with van der Waals surface area (Å²) in [5.74, 6) is -0.779. The smallest absolute Gasteiger partial charge is 0.391 e. The van der Waals surface area contributed by atoms with Gasteiger partial charge in [0.25, 0.3) is 5.82 Å². The van der Waals surface area contributed by atoms with Crippen molar-refractivity contribution in [3.05, 3.63) is 18.0 Å². The van der Waals surface area contributed by atoms with E-state index in [1.54, 1.807) is 11.0 Å². The first-order chi connectivity index (χ1) is 8.95. The van der Waals surface area contributed by atoms with Crippen molar-refractivity contribution in [1.82, 2.24) is 19.8 Å². The molecule has 0 aromatic carbocycles. The van der Waals surface area contributed by atoms with Crippen molar-refractivity contribution < 1.29 is 18.3 Å². The molecule has 0 unspecified atom stereocenters. The summed E-state index contributed by atoms with van der Waals surface area (Å²) in [6, 6.07) is 3.00. The zero-order valence-electron chi connectivity index (χ0n) is 9.67. The van der Waals surface area contributed by atoms with Crippen LogP contribution in [0.25, 0.3) is 5.65 Å². The minimum atomic E-state index is -4.60. The molecule has 1 saturated heterocycles. The zero-order valence-corrected chi connectivity index (χ0v) is 9.67. The summed E-state index contributed by atoms with van der Waals surface area (Å²) < 4.78 is 38.8. The number of fused-ring (bicyclic) bond motifs is 1. The first-order valence-electron chi connectivity index (χ1n) is 5.68. The molecule has 0 aliphatic carbocycles. The molecule has 1 fully saturated rings. The van der Waals surface area contributed by atoms with Crippen LogP contribution in [0.4, 0.5) is 19.0 Å². The van der Waals surface area contributed by atoms with Crippen molar-refractivity contribution in [3.63, 3.8) is 0 Å². The Morgan fingerprint density at radius 1 is 1.26 bits per heavy atom. The third-order valence-corrected chi connectivity index (χ3v) is 2.99. The average Bonchev–Trinajstić information content (AvgIpc) is 2.92. The SMILES string of the molecule is O[C@H]1CCN(c2ccc3nnc(C(F)(F)F)n3n2)C1. The molecular formula is C10H10F3N5O. The van der Waals surface area contributed by atoms with E-state index in [0.717, 1.165) is 0 Å². The van der Waals surface area contributed by atoms with Gasteiger partial charge in [-0.1, -0.05) is 0 Å². The largest absolute Gasteiger partial charge is 0.453 e. The summed E-state index contributed by atoms with van der Waals surface area (Å²) in [5, 5.41) is 19.9. The number of hydrogen-bond acceptors (Lipinski definition) is 5. The van der Waals surface area contributed by atoms with E-state index >= 15 is 0 Å². The van der Waals surface area contributed by atoms with Gasteiger partial charge in [0.05, 0.1) is 6.10 Å². The van der Waals surface area contributed by atoms with E-state index in [-0.39, 0.29) is 5.65 Å². The van der Waals surface area contributed by atoms with Gasteiger partial charge < -0.3 is 10.0 Å². The molecule has 1 aliphatic rings. The Kier molecular flexibility index (Phi) is 2.59. The lowest BCUT2D eigenvalue weighted by Gasteiger charge is -2.16. The Bertz CT molecular complexity index is 611. The Morgan fingerprint density at radius 3 is 2.68 bits per heavy atom. The molecular weight excluding hydrogens is 263 g/mol. The van der Waals surface area contributed by atoms with Gasteiger partial charge in [0.2, 0.25) is 0 Å². The van der Waals surface area contributed by atoms with E-state index in [9.17, 15) is 18.3 Å². The summed E-state index contributed by atoms with van der Waals surface area (Å²) in [6.45, 7) is 0.922. The maximum atomic E-state index is 12.7. The lowest BCUT2D eigenvalue weighted by molar-refractivity contribution is -0.146. The van der Waals surface area contributed by atoms with Crippen LogP contribution in [-0.2, 0) is 6.18 Å². The molecule has 0 amide bonds. The molecule has 9 heteroatoms. The number of halogens is 3. The lowest BCUT2D eigenvalue weighted by atomic mass is 10.3. The molecule has 102 valence electrons. The van der Waals surface area contributed by atoms with Crippen LogP contribution < -0.4 is 4.90 Å². The van der Waals surface area contributed by atoms with Crippen LogP contribution in [0.3, 0.4) is 0 Å². The van der Waals surface area contributed by atoms with Gasteiger partial charge in [-0.3, -0.25) is 0 Å². The predicted octanol–water partition coefficient (Wildman–Crippen LogP) is 0.714. The minimum absolute atomic E-state index is 0.0378. The molecule has 2 aromatic rings. The Balaban J connectivity index is 2.04. The third kappa shape index (κ3) is 2.09. The van der Waals surface area contributed by atoms with Crippen molar-refractivity contribution in [2.75, 3.05) is 18.0 Å². The summed E-state index contributed by atoms with van der Waals surface area (Å²) >= 11 is 0. The highest BCUT2D eigenvalue weighted by molar-refractivity contribution is 5.46. The van der Waals surface area contributed by atoms with E-state index in [1.165, 1.54) is 6.07 Å². The number of nitrogens with zero attached hydrogens (tertiary/aromatic N) is 5. The van der Waals surface area contributed by atoms with Crippen LogP contribution in [0.5, 0.6) is 0 Å². The summed E-state index contributed by atoms with van der Waals surface area (Å²) in [4.78, 5) is 1.73. The molecule has 1 N–H and O–H groups in total. The molecule has 0 radical (unpaired) electrons. The maximum Gasteiger partial charge on any atom is 0.453 e. The van der Waals surface area contributed by atoms with Gasteiger partial charge in [0.1, 0.15) is 5.82 Å². The first-order valence-corrected chi connectivity index (χ1v) is 5.68. The second-order valence-electron chi connectivity index (χ2n) is 4.37. The third-order valence-electron chi connectivity index (χ3n) is 2.99. The topological polar surface area (TPSA) is 66.5 Å². The number of β-amino-alcohol motifs (C(OH)–C–C–N with tert-alkyl or cyclic N) is 1. The summed E-state index contributed by atoms with van der Waals surface area (Å²) in [7, 11) is 0. The van der Waals surface area contributed by atoms with Gasteiger partial charge in [0, 0.05) is 13.1 Å². The van der Waals surface area contributed by atoms with E-state index in [0.29, 0.717) is 29.8 Å². The van der Waals surface area contributed by atoms with E-state index < -0.39 is 18.1 Å². The van der Waals surface area contributed by atoms with Crippen molar-refractivity contribution in [3.8, 4) is 0 Å². The van der Waals surface area contributed by atoms with Crippen LogP contribution in [0.1, 0.15) is 12.2 Å². The fourth-order valence-corrected chi connectivity index (χ4v) is 2.07. The Hall–Kier alpha value is -1.90. The maximum absolute atomic E-state index is 12.7. The molecule has 0 bridgehead atoms. The first kappa shape index (κ1) is 12.2. The summed E-state index contributed by atoms with van der Waals surface area (Å²) in [5.41, 5.74) is 0.0378. The molecule has 0 saturated carbocycles. The lowest BCUT2D eigenvalue weighted by Crippen LogP contribution is -2.23. The van der Waals surface area contributed by atoms with Gasteiger partial charge in [0.15, 0.2) is 5.65 Å². The molecule has 19 heavy (non-hydrogen) atoms. The number of rotatable bonds is 1. The highest BCUT2D eigenvalue weighted by Gasteiger charge is 2.38. The van der Waals surface area contributed by atoms with Crippen molar-refractivity contribution in [1.29, 1.82) is 0 Å². The monoisotopic (exact) mass is 273 g/mol. The normalized spacial score (nSPS) is 20.4. The Morgan fingerprint density at radius 2 is 2.05 bits per heavy atom. The quantitative estimate of drug-likeness (QED) is 0.829. The van der Waals surface area contributed by atoms with Gasteiger partial charge >= 0.3 is 6.18 Å². The molecule has 1 aliphatic heterocycles. The number of aliphatic hydroxyl groups is 1. The van der Waals surface area contributed by atoms with E-state index in [1.807, 2.05) is 0 Å². The predicted molar refractivity (Wildman–Crippen MR) is 58.6 cm³/mol. The molecule has 2 aromatic heterocycles. The number of anilines is 1. The minimum Gasteiger partial charge on any atom is -0.391 e. The number of hydrogen-bond donors (Lipinski definition) is 1. The fraction of sp³-hybridized carbons (Fsp3) is 0.500. The Labute approximate surface area is 105 Å². The molecule has 3 heterocycles. The van der Waals surface area contributed by atoms with Gasteiger partial charge in [-0.2, -0.15) is 17.7 Å². The van der Waals surface area contributed by atoms with Crippen LogP contribution in [-0.4, -0.2) is 44.1 Å². The average molecular weight is 273 g/mol. The fourth-order valence-electron chi connectivity index (χ4n) is 2.07. The van der Waals surface area contributed by atoms with Crippen molar-refractivity contribution in [2.45, 2.75) is 18.7 Å². The molecule has 1 atom stereocenters. The number of aliphatic hydroxyl groups excluding tert-OH is 1.